The van der Waals surface area contributed by atoms with Crippen molar-refractivity contribution in [2.75, 3.05) is 41.6 Å². The van der Waals surface area contributed by atoms with Crippen LogP contribution < -0.4 is 0 Å². The second-order valence-corrected chi connectivity index (χ2v) is 12.0. The molecule has 0 aromatic rings. The summed E-state index contributed by atoms with van der Waals surface area (Å²) in [5.74, 6) is 0.155. The van der Waals surface area contributed by atoms with Crippen LogP contribution in [0.15, 0.2) is 0 Å². The summed E-state index contributed by atoms with van der Waals surface area (Å²) in [5, 5.41) is 24.9. The number of hydrogen-bond donors (Lipinski definition) is 2. The molecule has 0 amide bonds. The van der Waals surface area contributed by atoms with Crippen molar-refractivity contribution >= 4 is 0 Å². The van der Waals surface area contributed by atoms with E-state index in [1.54, 1.807) is 28.4 Å². The standard InChI is InChI=1S/C25H39NO7/c1-6-26-20-24-13-9-12-14(30-3)10-23(32-5,16(13)17(12)27)25(20,28)19(31-4)18(24)22(11-29-2)8-7-15(24)33-21(22)26/h12-21,27-28H,6-11H2,1-5H3. The Balaban J connectivity index is 1.56. The van der Waals surface area contributed by atoms with Gasteiger partial charge in [0.15, 0.2) is 0 Å². The van der Waals surface area contributed by atoms with Gasteiger partial charge in [0, 0.05) is 63.4 Å². The maximum atomic E-state index is 13.2. The zero-order chi connectivity index (χ0) is 23.1. The molecule has 33 heavy (non-hydrogen) atoms. The first-order valence-corrected chi connectivity index (χ1v) is 12.8. The zero-order valence-corrected chi connectivity index (χ0v) is 20.4. The number of aliphatic hydroxyl groups excluding tert-OH is 1. The first kappa shape index (κ1) is 21.9. The highest BCUT2D eigenvalue weighted by molar-refractivity contribution is 5.43. The fraction of sp³-hybridized carbons (Fsp3) is 1.00. The molecule has 5 aliphatic carbocycles. The molecule has 0 aromatic carbocycles. The van der Waals surface area contributed by atoms with E-state index in [1.807, 2.05) is 0 Å². The molecule has 5 saturated carbocycles. The highest BCUT2D eigenvalue weighted by Gasteiger charge is 2.94. The molecule has 0 aromatic heterocycles. The van der Waals surface area contributed by atoms with E-state index in [1.165, 1.54) is 0 Å². The number of rotatable bonds is 6. The molecule has 14 unspecified atom stereocenters. The van der Waals surface area contributed by atoms with Crippen LogP contribution in [0.25, 0.3) is 0 Å². The summed E-state index contributed by atoms with van der Waals surface area (Å²) in [4.78, 5) is 2.42. The smallest absolute Gasteiger partial charge is 0.136 e. The summed E-state index contributed by atoms with van der Waals surface area (Å²) in [7, 11) is 6.95. The third-order valence-electron chi connectivity index (χ3n) is 11.9. The van der Waals surface area contributed by atoms with Crippen LogP contribution in [0.4, 0.5) is 0 Å². The lowest BCUT2D eigenvalue weighted by Gasteiger charge is -2.76. The van der Waals surface area contributed by atoms with Crippen LogP contribution in [-0.4, -0.2) is 105 Å². The second kappa shape index (κ2) is 6.51. The normalized spacial score (nSPS) is 64.1. The molecule has 2 N–H and O–H groups in total. The summed E-state index contributed by atoms with van der Waals surface area (Å²) in [6.45, 7) is 3.52. The third kappa shape index (κ3) is 1.85. The predicted octanol–water partition coefficient (Wildman–Crippen LogP) is 0.635. The van der Waals surface area contributed by atoms with Gasteiger partial charge in [-0.25, -0.2) is 0 Å². The van der Waals surface area contributed by atoms with Crippen molar-refractivity contribution in [3.8, 4) is 0 Å². The number of nitrogens with zero attached hydrogens (tertiary/aromatic N) is 1. The van der Waals surface area contributed by atoms with E-state index in [9.17, 15) is 10.2 Å². The predicted molar refractivity (Wildman–Crippen MR) is 116 cm³/mol. The Morgan fingerprint density at radius 2 is 1.94 bits per heavy atom. The summed E-state index contributed by atoms with van der Waals surface area (Å²) < 4.78 is 31.6. The summed E-state index contributed by atoms with van der Waals surface area (Å²) >= 11 is 0. The van der Waals surface area contributed by atoms with Crippen LogP contribution in [0.5, 0.6) is 0 Å². The molecule has 0 radical (unpaired) electrons. The first-order chi connectivity index (χ1) is 15.9. The molecular formula is C25H39NO7. The summed E-state index contributed by atoms with van der Waals surface area (Å²) in [5.41, 5.74) is -2.78. The number of methoxy groups -OCH3 is 4. The zero-order valence-electron chi connectivity index (χ0n) is 20.4. The van der Waals surface area contributed by atoms with Crippen molar-refractivity contribution < 1.29 is 33.9 Å². The maximum Gasteiger partial charge on any atom is 0.136 e. The summed E-state index contributed by atoms with van der Waals surface area (Å²) in [6, 6.07) is -0.137. The molecule has 9 fully saturated rings. The highest BCUT2D eigenvalue weighted by atomic mass is 16.6. The van der Waals surface area contributed by atoms with Crippen molar-refractivity contribution in [3.63, 3.8) is 0 Å². The van der Waals surface area contributed by atoms with Gasteiger partial charge < -0.3 is 33.9 Å². The Labute approximate surface area is 195 Å². The van der Waals surface area contributed by atoms with Gasteiger partial charge >= 0.3 is 0 Å². The van der Waals surface area contributed by atoms with Gasteiger partial charge in [-0.2, -0.15) is 0 Å². The average molecular weight is 466 g/mol. The molecular weight excluding hydrogens is 426 g/mol. The number of ether oxygens (including phenoxy) is 5. The van der Waals surface area contributed by atoms with Gasteiger partial charge in [0.25, 0.3) is 0 Å². The fourth-order valence-corrected chi connectivity index (χ4v) is 11.6. The van der Waals surface area contributed by atoms with Gasteiger partial charge in [-0.1, -0.05) is 6.92 Å². The van der Waals surface area contributed by atoms with Crippen molar-refractivity contribution in [1.29, 1.82) is 0 Å². The second-order valence-electron chi connectivity index (χ2n) is 12.0. The summed E-state index contributed by atoms with van der Waals surface area (Å²) in [6.07, 6.45) is 2.23. The number of hydrogen-bond acceptors (Lipinski definition) is 8. The average Bonchev–Trinajstić information content (AvgIpc) is 3.19. The minimum atomic E-state index is -1.29. The fourth-order valence-electron chi connectivity index (χ4n) is 11.6. The lowest BCUT2D eigenvalue weighted by Crippen LogP contribution is -2.87. The molecule has 1 spiro atoms. The Hall–Kier alpha value is -0.320. The monoisotopic (exact) mass is 465 g/mol. The van der Waals surface area contributed by atoms with Crippen LogP contribution in [0.2, 0.25) is 0 Å². The molecule has 8 heteroatoms. The van der Waals surface area contributed by atoms with E-state index in [0.29, 0.717) is 13.0 Å². The SMILES string of the molecule is CCN1C2OC3CCC2(COC)C2C(OC)C4(O)C1C32C1CC2C(OC)CC4(OC)C1C2O. The largest absolute Gasteiger partial charge is 0.392 e. The van der Waals surface area contributed by atoms with Crippen LogP contribution in [0, 0.1) is 34.5 Å². The minimum absolute atomic E-state index is 0.0528. The van der Waals surface area contributed by atoms with Crippen molar-refractivity contribution in [2.24, 2.45) is 34.5 Å². The van der Waals surface area contributed by atoms with Crippen molar-refractivity contribution in [1.82, 2.24) is 4.90 Å². The van der Waals surface area contributed by atoms with E-state index >= 15 is 0 Å². The topological polar surface area (TPSA) is 89.9 Å². The maximum absolute atomic E-state index is 13.2. The molecule has 9 aliphatic rings. The molecule has 9 rings (SSSR count). The number of piperidine rings is 1. The lowest BCUT2D eigenvalue weighted by atomic mass is 9.41. The van der Waals surface area contributed by atoms with E-state index < -0.39 is 23.4 Å². The molecule has 8 nitrogen and oxygen atoms in total. The molecule has 186 valence electrons. The van der Waals surface area contributed by atoms with Gasteiger partial charge in [-0.05, 0) is 31.7 Å². The van der Waals surface area contributed by atoms with E-state index in [0.717, 1.165) is 25.8 Å². The third-order valence-corrected chi connectivity index (χ3v) is 11.9. The van der Waals surface area contributed by atoms with Gasteiger partial charge in [-0.3, -0.25) is 4.90 Å². The Kier molecular flexibility index (Phi) is 4.32. The van der Waals surface area contributed by atoms with E-state index in [-0.39, 0.29) is 59.0 Å². The molecule has 14 atom stereocenters. The van der Waals surface area contributed by atoms with E-state index in [2.05, 4.69) is 11.8 Å². The molecule has 4 saturated heterocycles. The number of fused-ring (bicyclic) bond motifs is 3. The van der Waals surface area contributed by atoms with Crippen LogP contribution in [-0.2, 0) is 23.7 Å². The lowest BCUT2D eigenvalue weighted by molar-refractivity contribution is -0.411. The van der Waals surface area contributed by atoms with E-state index in [4.69, 9.17) is 23.7 Å². The first-order valence-electron chi connectivity index (χ1n) is 12.8. The van der Waals surface area contributed by atoms with Gasteiger partial charge in [-0.15, -0.1) is 0 Å². The van der Waals surface area contributed by atoms with Gasteiger partial charge in [0.2, 0.25) is 0 Å². The number of likely N-dealkylation sites (N-methyl/N-ethyl adjacent to an activating group) is 1. The Morgan fingerprint density at radius 1 is 1.15 bits per heavy atom. The minimum Gasteiger partial charge on any atom is -0.392 e. The van der Waals surface area contributed by atoms with Crippen LogP contribution >= 0.6 is 0 Å². The number of aliphatic hydroxyl groups is 2. The molecule has 4 heterocycles. The Morgan fingerprint density at radius 3 is 2.58 bits per heavy atom. The quantitative estimate of drug-likeness (QED) is 0.591. The van der Waals surface area contributed by atoms with Crippen molar-refractivity contribution in [3.05, 3.63) is 0 Å². The highest BCUT2D eigenvalue weighted by Crippen LogP contribution is 2.83. The Bertz CT molecular complexity index is 855. The van der Waals surface area contributed by atoms with Crippen molar-refractivity contribution in [2.45, 2.75) is 80.5 Å². The van der Waals surface area contributed by atoms with Crippen LogP contribution in [0.1, 0.15) is 32.6 Å². The van der Waals surface area contributed by atoms with Crippen LogP contribution in [0.3, 0.4) is 0 Å². The molecule has 4 aliphatic heterocycles. The van der Waals surface area contributed by atoms with Gasteiger partial charge in [0.05, 0.1) is 37.1 Å². The van der Waals surface area contributed by atoms with Gasteiger partial charge in [0.1, 0.15) is 17.4 Å². The molecule has 9 bridgehead atoms.